The molecule has 0 bridgehead atoms. The van der Waals surface area contributed by atoms with Crippen LogP contribution in [0, 0.1) is 6.92 Å². The van der Waals surface area contributed by atoms with Gasteiger partial charge in [0.1, 0.15) is 0 Å². The van der Waals surface area contributed by atoms with E-state index in [1.807, 2.05) is 13.0 Å². The maximum atomic E-state index is 11.8. The lowest BCUT2D eigenvalue weighted by molar-refractivity contribution is 0.0602. The number of nitrogens with one attached hydrogen (secondary N) is 1. The lowest BCUT2D eigenvalue weighted by Gasteiger charge is -2.33. The molecular formula is C16H25N3O2. The maximum absolute atomic E-state index is 11.8. The van der Waals surface area contributed by atoms with Crippen LogP contribution in [-0.4, -0.2) is 43.7 Å². The number of hydrogen-bond donors (Lipinski definition) is 2. The van der Waals surface area contributed by atoms with Crippen molar-refractivity contribution >= 4 is 17.3 Å². The van der Waals surface area contributed by atoms with Crippen LogP contribution < -0.4 is 11.1 Å². The van der Waals surface area contributed by atoms with Crippen molar-refractivity contribution in [2.45, 2.75) is 32.7 Å². The average Bonchev–Trinajstić information content (AvgIpc) is 2.50. The molecule has 0 amide bonds. The Kier molecular flexibility index (Phi) is 5.07. The molecule has 0 aliphatic carbocycles. The van der Waals surface area contributed by atoms with Gasteiger partial charge in [-0.3, -0.25) is 0 Å². The van der Waals surface area contributed by atoms with Crippen LogP contribution in [0.25, 0.3) is 0 Å². The van der Waals surface area contributed by atoms with E-state index in [4.69, 9.17) is 10.5 Å². The predicted octanol–water partition coefficient (Wildman–Crippen LogP) is 2.26. The SMILES string of the molecule is CCN1CCCC(Nc2cc(C)c(N)c(C(=O)OC)c2)C1. The number of piperidine rings is 1. The van der Waals surface area contributed by atoms with Crippen LogP contribution in [-0.2, 0) is 4.74 Å². The summed E-state index contributed by atoms with van der Waals surface area (Å²) in [7, 11) is 1.37. The van der Waals surface area contributed by atoms with Crippen molar-refractivity contribution in [1.29, 1.82) is 0 Å². The summed E-state index contributed by atoms with van der Waals surface area (Å²) >= 11 is 0. The predicted molar refractivity (Wildman–Crippen MR) is 85.7 cm³/mol. The van der Waals surface area contributed by atoms with Crippen LogP contribution >= 0.6 is 0 Å². The monoisotopic (exact) mass is 291 g/mol. The molecule has 1 aromatic rings. The molecule has 0 radical (unpaired) electrons. The summed E-state index contributed by atoms with van der Waals surface area (Å²) in [6, 6.07) is 4.19. The van der Waals surface area contributed by atoms with Gasteiger partial charge in [-0.2, -0.15) is 0 Å². The summed E-state index contributed by atoms with van der Waals surface area (Å²) in [5.74, 6) is -0.391. The average molecular weight is 291 g/mol. The smallest absolute Gasteiger partial charge is 0.340 e. The minimum Gasteiger partial charge on any atom is -0.465 e. The number of nitrogens with zero attached hydrogens (tertiary/aromatic N) is 1. The van der Waals surface area contributed by atoms with E-state index in [0.29, 0.717) is 17.3 Å². The van der Waals surface area contributed by atoms with E-state index in [-0.39, 0.29) is 0 Å². The highest BCUT2D eigenvalue weighted by Gasteiger charge is 2.20. The summed E-state index contributed by atoms with van der Waals surface area (Å²) in [6.45, 7) is 7.37. The van der Waals surface area contributed by atoms with E-state index in [1.165, 1.54) is 20.1 Å². The second kappa shape index (κ2) is 6.80. The fourth-order valence-corrected chi connectivity index (χ4v) is 2.86. The number of nitrogen functional groups attached to an aromatic ring is 1. The van der Waals surface area contributed by atoms with Gasteiger partial charge in [-0.15, -0.1) is 0 Å². The van der Waals surface area contributed by atoms with Crippen molar-refractivity contribution in [2.75, 3.05) is 37.8 Å². The summed E-state index contributed by atoms with van der Waals surface area (Å²) in [5, 5.41) is 3.53. The normalized spacial score (nSPS) is 19.3. The van der Waals surface area contributed by atoms with Gasteiger partial charge in [-0.25, -0.2) is 4.79 Å². The lowest BCUT2D eigenvalue weighted by atomic mass is 10.0. The number of methoxy groups -OCH3 is 1. The van der Waals surface area contributed by atoms with E-state index >= 15 is 0 Å². The van der Waals surface area contributed by atoms with Crippen molar-refractivity contribution in [3.8, 4) is 0 Å². The molecule has 116 valence electrons. The third-order valence-corrected chi connectivity index (χ3v) is 4.12. The first kappa shape index (κ1) is 15.6. The van der Waals surface area contributed by atoms with Crippen LogP contribution in [0.1, 0.15) is 35.7 Å². The van der Waals surface area contributed by atoms with Crippen LogP contribution in [0.3, 0.4) is 0 Å². The van der Waals surface area contributed by atoms with Crippen molar-refractivity contribution in [3.05, 3.63) is 23.3 Å². The molecule has 3 N–H and O–H groups in total. The highest BCUT2D eigenvalue weighted by Crippen LogP contribution is 2.25. The number of rotatable bonds is 4. The zero-order chi connectivity index (χ0) is 15.4. The van der Waals surface area contributed by atoms with E-state index in [9.17, 15) is 4.79 Å². The van der Waals surface area contributed by atoms with Gasteiger partial charge in [-0.1, -0.05) is 6.92 Å². The fourth-order valence-electron chi connectivity index (χ4n) is 2.86. The van der Waals surface area contributed by atoms with E-state index < -0.39 is 5.97 Å². The largest absolute Gasteiger partial charge is 0.465 e. The third kappa shape index (κ3) is 3.67. The Morgan fingerprint density at radius 3 is 2.95 bits per heavy atom. The number of carbonyl (C=O) groups is 1. The van der Waals surface area contributed by atoms with E-state index in [1.54, 1.807) is 6.07 Å². The van der Waals surface area contributed by atoms with Gasteiger partial charge < -0.3 is 20.7 Å². The highest BCUT2D eigenvalue weighted by atomic mass is 16.5. The van der Waals surface area contributed by atoms with Gasteiger partial charge >= 0.3 is 5.97 Å². The maximum Gasteiger partial charge on any atom is 0.340 e. The fraction of sp³-hybridized carbons (Fsp3) is 0.562. The molecule has 0 spiro atoms. The Balaban J connectivity index is 2.16. The molecular weight excluding hydrogens is 266 g/mol. The van der Waals surface area contributed by atoms with Crippen molar-refractivity contribution in [1.82, 2.24) is 4.90 Å². The van der Waals surface area contributed by atoms with Crippen LogP contribution in [0.4, 0.5) is 11.4 Å². The molecule has 5 heteroatoms. The Morgan fingerprint density at radius 1 is 1.52 bits per heavy atom. The van der Waals surface area contributed by atoms with Gasteiger partial charge in [-0.05, 0) is 50.6 Å². The zero-order valence-corrected chi connectivity index (χ0v) is 13.1. The van der Waals surface area contributed by atoms with Gasteiger partial charge in [0, 0.05) is 24.0 Å². The first-order valence-corrected chi connectivity index (χ1v) is 7.52. The minimum absolute atomic E-state index is 0.391. The molecule has 2 rings (SSSR count). The molecule has 1 unspecified atom stereocenters. The first-order valence-electron chi connectivity index (χ1n) is 7.52. The quantitative estimate of drug-likeness (QED) is 0.658. The lowest BCUT2D eigenvalue weighted by Crippen LogP contribution is -2.41. The number of hydrogen-bond acceptors (Lipinski definition) is 5. The molecule has 1 aromatic carbocycles. The third-order valence-electron chi connectivity index (χ3n) is 4.12. The highest BCUT2D eigenvalue weighted by molar-refractivity contribution is 5.97. The number of likely N-dealkylation sites (N-methyl/N-ethyl adjacent to an activating group) is 1. The standard InChI is InChI=1S/C16H25N3O2/c1-4-19-7-5-6-12(10-19)18-13-8-11(2)15(17)14(9-13)16(20)21-3/h8-9,12,18H,4-7,10,17H2,1-3H3. The number of likely N-dealkylation sites (tertiary alicyclic amines) is 1. The van der Waals surface area contributed by atoms with E-state index in [2.05, 4.69) is 17.1 Å². The van der Waals surface area contributed by atoms with Crippen LogP contribution in [0.2, 0.25) is 0 Å². The Hall–Kier alpha value is -1.75. The summed E-state index contributed by atoms with van der Waals surface area (Å²) in [5.41, 5.74) is 8.72. The van der Waals surface area contributed by atoms with E-state index in [0.717, 1.165) is 30.8 Å². The van der Waals surface area contributed by atoms with Gasteiger partial charge in [0.2, 0.25) is 0 Å². The van der Waals surface area contributed by atoms with Gasteiger partial charge in [0.25, 0.3) is 0 Å². The minimum atomic E-state index is -0.391. The number of benzene rings is 1. The molecule has 1 atom stereocenters. The number of esters is 1. The molecule has 1 aliphatic heterocycles. The molecule has 21 heavy (non-hydrogen) atoms. The molecule has 5 nitrogen and oxygen atoms in total. The second-order valence-electron chi connectivity index (χ2n) is 5.62. The zero-order valence-electron chi connectivity index (χ0n) is 13.1. The van der Waals surface area contributed by atoms with Gasteiger partial charge in [0.05, 0.1) is 12.7 Å². The van der Waals surface area contributed by atoms with Crippen molar-refractivity contribution in [3.63, 3.8) is 0 Å². The number of carbonyl (C=O) groups excluding carboxylic acids is 1. The number of anilines is 2. The number of nitrogens with two attached hydrogens (primary N) is 1. The molecule has 1 aliphatic rings. The molecule has 0 aromatic heterocycles. The van der Waals surface area contributed by atoms with Crippen LogP contribution in [0.5, 0.6) is 0 Å². The number of aryl methyl sites for hydroxylation is 1. The molecule has 0 saturated carbocycles. The first-order chi connectivity index (χ1) is 10.0. The molecule has 1 heterocycles. The Bertz CT molecular complexity index is 516. The van der Waals surface area contributed by atoms with Crippen LogP contribution in [0.15, 0.2) is 12.1 Å². The van der Waals surface area contributed by atoms with Gasteiger partial charge in [0.15, 0.2) is 0 Å². The topological polar surface area (TPSA) is 67.6 Å². The summed E-state index contributed by atoms with van der Waals surface area (Å²) in [6.07, 6.45) is 2.34. The van der Waals surface area contributed by atoms with Crippen molar-refractivity contribution < 1.29 is 9.53 Å². The Morgan fingerprint density at radius 2 is 2.29 bits per heavy atom. The Labute approximate surface area is 126 Å². The molecule has 1 fully saturated rings. The summed E-state index contributed by atoms with van der Waals surface area (Å²) < 4.78 is 4.80. The molecule has 1 saturated heterocycles. The number of ether oxygens (including phenoxy) is 1. The second-order valence-corrected chi connectivity index (χ2v) is 5.62. The summed E-state index contributed by atoms with van der Waals surface area (Å²) in [4.78, 5) is 14.2. The van der Waals surface area contributed by atoms with Crippen molar-refractivity contribution in [2.24, 2.45) is 0 Å².